The minimum Gasteiger partial charge on any atom is -0.465 e. The van der Waals surface area contributed by atoms with Crippen molar-refractivity contribution in [3.05, 3.63) is 23.8 Å². The molecule has 20 heavy (non-hydrogen) atoms. The molecule has 1 aliphatic rings. The Labute approximate surface area is 120 Å². The third-order valence-corrected chi connectivity index (χ3v) is 4.04. The zero-order valence-corrected chi connectivity index (χ0v) is 12.2. The molecule has 0 spiro atoms. The Morgan fingerprint density at radius 2 is 2.10 bits per heavy atom. The first-order chi connectivity index (χ1) is 9.70. The second kappa shape index (κ2) is 7.17. The van der Waals surface area contributed by atoms with Gasteiger partial charge in [-0.25, -0.2) is 4.79 Å². The normalized spacial score (nSPS) is 15.8. The van der Waals surface area contributed by atoms with Gasteiger partial charge in [-0.1, -0.05) is 32.1 Å². The number of hydrogen-bond acceptors (Lipinski definition) is 4. The molecule has 0 aromatic heterocycles. The molecule has 0 unspecified atom stereocenters. The van der Waals surface area contributed by atoms with Crippen molar-refractivity contribution in [3.63, 3.8) is 0 Å². The van der Waals surface area contributed by atoms with E-state index in [4.69, 9.17) is 10.5 Å². The van der Waals surface area contributed by atoms with E-state index >= 15 is 0 Å². The summed E-state index contributed by atoms with van der Waals surface area (Å²) < 4.78 is 4.79. The van der Waals surface area contributed by atoms with E-state index in [1.54, 1.807) is 12.1 Å². The number of carbonyl (C=O) groups is 1. The number of esters is 1. The molecule has 0 amide bonds. The number of carbonyl (C=O) groups excluding carboxylic acids is 1. The summed E-state index contributed by atoms with van der Waals surface area (Å²) in [7, 11) is 1.39. The van der Waals surface area contributed by atoms with E-state index in [1.165, 1.54) is 39.2 Å². The van der Waals surface area contributed by atoms with Crippen molar-refractivity contribution < 1.29 is 9.53 Å². The van der Waals surface area contributed by atoms with Gasteiger partial charge in [0.05, 0.1) is 12.7 Å². The molecule has 1 aromatic carbocycles. The first-order valence-electron chi connectivity index (χ1n) is 7.42. The van der Waals surface area contributed by atoms with E-state index in [0.717, 1.165) is 24.6 Å². The second-order valence-corrected chi connectivity index (χ2v) is 5.52. The molecule has 0 atom stereocenters. The maximum absolute atomic E-state index is 11.7. The highest BCUT2D eigenvalue weighted by Crippen LogP contribution is 2.26. The molecule has 110 valence electrons. The standard InChI is InChI=1S/C16H24N2O2/c1-20-16(19)14-11-13(17)7-8-15(14)18-10-9-12-5-3-2-4-6-12/h7-8,11-12,18H,2-6,9-10,17H2,1H3. The van der Waals surface area contributed by atoms with Gasteiger partial charge in [0, 0.05) is 17.9 Å². The van der Waals surface area contributed by atoms with Crippen LogP contribution in [-0.2, 0) is 4.74 Å². The van der Waals surface area contributed by atoms with Crippen molar-refractivity contribution in [2.24, 2.45) is 5.92 Å². The average Bonchev–Trinajstić information content (AvgIpc) is 2.49. The van der Waals surface area contributed by atoms with Crippen LogP contribution in [0.1, 0.15) is 48.9 Å². The van der Waals surface area contributed by atoms with Crippen LogP contribution in [0.2, 0.25) is 0 Å². The zero-order valence-electron chi connectivity index (χ0n) is 12.2. The molecule has 0 heterocycles. The van der Waals surface area contributed by atoms with Crippen molar-refractivity contribution in [1.29, 1.82) is 0 Å². The predicted octanol–water partition coefficient (Wildman–Crippen LogP) is 3.44. The molecule has 3 N–H and O–H groups in total. The monoisotopic (exact) mass is 276 g/mol. The molecule has 1 saturated carbocycles. The SMILES string of the molecule is COC(=O)c1cc(N)ccc1NCCC1CCCCC1. The summed E-state index contributed by atoms with van der Waals surface area (Å²) in [6, 6.07) is 5.31. The molecule has 2 rings (SSSR count). The molecule has 0 bridgehead atoms. The van der Waals surface area contributed by atoms with Crippen LogP contribution >= 0.6 is 0 Å². The summed E-state index contributed by atoms with van der Waals surface area (Å²) in [4.78, 5) is 11.7. The van der Waals surface area contributed by atoms with Crippen molar-refractivity contribution in [1.82, 2.24) is 0 Å². The van der Waals surface area contributed by atoms with Crippen molar-refractivity contribution >= 4 is 17.3 Å². The van der Waals surface area contributed by atoms with Gasteiger partial charge in [0.2, 0.25) is 0 Å². The van der Waals surface area contributed by atoms with Gasteiger partial charge in [-0.2, -0.15) is 0 Å². The Bertz CT molecular complexity index is 454. The van der Waals surface area contributed by atoms with E-state index in [0.29, 0.717) is 11.3 Å². The van der Waals surface area contributed by atoms with Gasteiger partial charge in [-0.3, -0.25) is 0 Å². The first-order valence-corrected chi connectivity index (χ1v) is 7.42. The molecule has 0 aliphatic heterocycles. The first kappa shape index (κ1) is 14.7. The van der Waals surface area contributed by atoms with Crippen LogP contribution in [0.3, 0.4) is 0 Å². The van der Waals surface area contributed by atoms with Gasteiger partial charge >= 0.3 is 5.97 Å². The largest absolute Gasteiger partial charge is 0.465 e. The Kier molecular flexibility index (Phi) is 5.27. The predicted molar refractivity (Wildman–Crippen MR) is 81.9 cm³/mol. The molecule has 1 aliphatic carbocycles. The Balaban J connectivity index is 1.92. The van der Waals surface area contributed by atoms with Crippen molar-refractivity contribution in [2.75, 3.05) is 24.7 Å². The number of nitrogen functional groups attached to an aromatic ring is 1. The van der Waals surface area contributed by atoms with Gasteiger partial charge < -0.3 is 15.8 Å². The van der Waals surface area contributed by atoms with E-state index in [2.05, 4.69) is 5.32 Å². The van der Waals surface area contributed by atoms with Crippen LogP contribution in [-0.4, -0.2) is 19.6 Å². The summed E-state index contributed by atoms with van der Waals surface area (Å²) in [6.45, 7) is 0.887. The van der Waals surface area contributed by atoms with Crippen molar-refractivity contribution in [2.45, 2.75) is 38.5 Å². The van der Waals surface area contributed by atoms with Crippen LogP contribution in [0.15, 0.2) is 18.2 Å². The van der Waals surface area contributed by atoms with Crippen LogP contribution in [0.4, 0.5) is 11.4 Å². The maximum atomic E-state index is 11.7. The number of rotatable bonds is 5. The molecule has 0 saturated heterocycles. The second-order valence-electron chi connectivity index (χ2n) is 5.52. The fourth-order valence-corrected chi connectivity index (χ4v) is 2.88. The number of nitrogens with one attached hydrogen (secondary N) is 1. The van der Waals surface area contributed by atoms with Crippen LogP contribution < -0.4 is 11.1 Å². The minimum absolute atomic E-state index is 0.350. The van der Waals surface area contributed by atoms with Crippen molar-refractivity contribution in [3.8, 4) is 0 Å². The topological polar surface area (TPSA) is 64.3 Å². The number of methoxy groups -OCH3 is 1. The number of anilines is 2. The summed E-state index contributed by atoms with van der Waals surface area (Å²) in [6.07, 6.45) is 7.94. The van der Waals surface area contributed by atoms with Gasteiger partial charge in [0.1, 0.15) is 0 Å². The fourth-order valence-electron chi connectivity index (χ4n) is 2.88. The van der Waals surface area contributed by atoms with Gasteiger partial charge in [-0.15, -0.1) is 0 Å². The zero-order chi connectivity index (χ0) is 14.4. The molecule has 1 aromatic rings. The van der Waals surface area contributed by atoms with Gasteiger partial charge in [0.25, 0.3) is 0 Å². The van der Waals surface area contributed by atoms with E-state index < -0.39 is 0 Å². The minimum atomic E-state index is -0.350. The molecule has 4 nitrogen and oxygen atoms in total. The molecular formula is C16H24N2O2. The highest BCUT2D eigenvalue weighted by atomic mass is 16.5. The summed E-state index contributed by atoms with van der Waals surface area (Å²) in [5, 5.41) is 3.35. The number of benzene rings is 1. The molecular weight excluding hydrogens is 252 g/mol. The third kappa shape index (κ3) is 3.89. The van der Waals surface area contributed by atoms with E-state index in [1.807, 2.05) is 6.07 Å². The Morgan fingerprint density at radius 1 is 1.35 bits per heavy atom. The third-order valence-electron chi connectivity index (χ3n) is 4.04. The number of nitrogens with two attached hydrogens (primary N) is 1. The number of hydrogen-bond donors (Lipinski definition) is 2. The summed E-state index contributed by atoms with van der Waals surface area (Å²) in [5.74, 6) is 0.476. The van der Waals surface area contributed by atoms with Gasteiger partial charge in [0.15, 0.2) is 0 Å². The summed E-state index contributed by atoms with van der Waals surface area (Å²) in [5.41, 5.74) is 7.62. The molecule has 1 fully saturated rings. The lowest BCUT2D eigenvalue weighted by Gasteiger charge is -2.22. The summed E-state index contributed by atoms with van der Waals surface area (Å²) >= 11 is 0. The van der Waals surface area contributed by atoms with Gasteiger partial charge in [-0.05, 0) is 30.5 Å². The highest BCUT2D eigenvalue weighted by Gasteiger charge is 2.15. The van der Waals surface area contributed by atoms with E-state index in [9.17, 15) is 4.79 Å². The van der Waals surface area contributed by atoms with Crippen LogP contribution in [0, 0.1) is 5.92 Å². The molecule has 4 heteroatoms. The Hall–Kier alpha value is -1.71. The average molecular weight is 276 g/mol. The molecule has 0 radical (unpaired) electrons. The number of ether oxygens (including phenoxy) is 1. The fraction of sp³-hybridized carbons (Fsp3) is 0.562. The van der Waals surface area contributed by atoms with Crippen LogP contribution in [0.5, 0.6) is 0 Å². The highest BCUT2D eigenvalue weighted by molar-refractivity contribution is 5.96. The lowest BCUT2D eigenvalue weighted by Crippen LogP contribution is -2.14. The quantitative estimate of drug-likeness (QED) is 0.638. The maximum Gasteiger partial charge on any atom is 0.340 e. The lowest BCUT2D eigenvalue weighted by atomic mass is 9.87. The smallest absolute Gasteiger partial charge is 0.340 e. The lowest BCUT2D eigenvalue weighted by molar-refractivity contribution is 0.0602. The Morgan fingerprint density at radius 3 is 2.80 bits per heavy atom. The van der Waals surface area contributed by atoms with E-state index in [-0.39, 0.29) is 5.97 Å². The van der Waals surface area contributed by atoms with Crippen LogP contribution in [0.25, 0.3) is 0 Å².